The Morgan fingerprint density at radius 3 is 2.68 bits per heavy atom. The highest BCUT2D eigenvalue weighted by Gasteiger charge is 2.22. The SMILES string of the molecule is CN(Cc1nc2ccccc2s1)S(=O)(=O)c1cccc(F)c1. The minimum absolute atomic E-state index is 0.0592. The maximum Gasteiger partial charge on any atom is 0.243 e. The van der Waals surface area contributed by atoms with Crippen molar-refractivity contribution in [3.05, 3.63) is 59.4 Å². The summed E-state index contributed by atoms with van der Waals surface area (Å²) in [4.78, 5) is 4.36. The number of halogens is 1. The van der Waals surface area contributed by atoms with Gasteiger partial charge in [0.1, 0.15) is 10.8 Å². The highest BCUT2D eigenvalue weighted by Crippen LogP contribution is 2.24. The number of fused-ring (bicyclic) bond motifs is 1. The van der Waals surface area contributed by atoms with Gasteiger partial charge in [-0.1, -0.05) is 18.2 Å². The predicted octanol–water partition coefficient (Wildman–Crippen LogP) is 3.26. The number of hydrogen-bond donors (Lipinski definition) is 0. The molecule has 0 bridgehead atoms. The van der Waals surface area contributed by atoms with Gasteiger partial charge in [-0.15, -0.1) is 11.3 Å². The summed E-state index contributed by atoms with van der Waals surface area (Å²) in [6.07, 6.45) is 0. The van der Waals surface area contributed by atoms with Gasteiger partial charge in [0.2, 0.25) is 10.0 Å². The van der Waals surface area contributed by atoms with Crippen LogP contribution in [-0.2, 0) is 16.6 Å². The van der Waals surface area contributed by atoms with E-state index in [9.17, 15) is 12.8 Å². The molecule has 0 aliphatic carbocycles. The van der Waals surface area contributed by atoms with Crippen LogP contribution >= 0.6 is 11.3 Å². The topological polar surface area (TPSA) is 50.3 Å². The monoisotopic (exact) mass is 336 g/mol. The molecule has 0 amide bonds. The van der Waals surface area contributed by atoms with Gasteiger partial charge >= 0.3 is 0 Å². The van der Waals surface area contributed by atoms with Crippen LogP contribution in [0.2, 0.25) is 0 Å². The number of aromatic nitrogens is 1. The van der Waals surface area contributed by atoms with Crippen LogP contribution in [0.15, 0.2) is 53.4 Å². The largest absolute Gasteiger partial charge is 0.243 e. The summed E-state index contributed by atoms with van der Waals surface area (Å²) in [5.74, 6) is -0.575. The van der Waals surface area contributed by atoms with Crippen molar-refractivity contribution in [3.63, 3.8) is 0 Å². The summed E-state index contributed by atoms with van der Waals surface area (Å²) in [7, 11) is -2.27. The molecule has 22 heavy (non-hydrogen) atoms. The Kier molecular flexibility index (Phi) is 3.94. The van der Waals surface area contributed by atoms with Crippen molar-refractivity contribution in [1.29, 1.82) is 0 Å². The molecule has 2 aromatic carbocycles. The lowest BCUT2D eigenvalue weighted by molar-refractivity contribution is 0.465. The lowest BCUT2D eigenvalue weighted by Gasteiger charge is -2.15. The molecule has 0 radical (unpaired) electrons. The molecule has 1 heterocycles. The number of nitrogens with zero attached hydrogens (tertiary/aromatic N) is 2. The summed E-state index contributed by atoms with van der Waals surface area (Å²) >= 11 is 1.45. The molecule has 0 fully saturated rings. The van der Waals surface area contributed by atoms with Gasteiger partial charge in [-0.2, -0.15) is 4.31 Å². The summed E-state index contributed by atoms with van der Waals surface area (Å²) in [5.41, 5.74) is 0.846. The van der Waals surface area contributed by atoms with E-state index in [1.807, 2.05) is 24.3 Å². The zero-order chi connectivity index (χ0) is 15.7. The standard InChI is InChI=1S/C15H13FN2O2S2/c1-18(22(19,20)12-6-4-5-11(16)9-12)10-15-17-13-7-2-3-8-14(13)21-15/h2-9H,10H2,1H3. The van der Waals surface area contributed by atoms with Crippen LogP contribution in [0, 0.1) is 5.82 Å². The molecular weight excluding hydrogens is 323 g/mol. The van der Waals surface area contributed by atoms with Gasteiger partial charge in [-0.25, -0.2) is 17.8 Å². The van der Waals surface area contributed by atoms with E-state index < -0.39 is 15.8 Å². The van der Waals surface area contributed by atoms with Gasteiger partial charge in [0.05, 0.1) is 21.7 Å². The van der Waals surface area contributed by atoms with E-state index in [0.29, 0.717) is 5.01 Å². The smallest absolute Gasteiger partial charge is 0.240 e. The molecule has 0 atom stereocenters. The van der Waals surface area contributed by atoms with Crippen molar-refractivity contribution in [2.45, 2.75) is 11.4 Å². The van der Waals surface area contributed by atoms with E-state index in [4.69, 9.17) is 0 Å². The molecule has 0 aliphatic heterocycles. The summed E-state index contributed by atoms with van der Waals surface area (Å²) < 4.78 is 40.3. The summed E-state index contributed by atoms with van der Waals surface area (Å²) in [5, 5.41) is 0.698. The molecule has 0 saturated carbocycles. The third-order valence-electron chi connectivity index (χ3n) is 3.20. The van der Waals surface area contributed by atoms with Crippen molar-refractivity contribution >= 4 is 31.6 Å². The third-order valence-corrected chi connectivity index (χ3v) is 6.02. The minimum Gasteiger partial charge on any atom is -0.240 e. The van der Waals surface area contributed by atoms with Gasteiger partial charge in [-0.3, -0.25) is 0 Å². The van der Waals surface area contributed by atoms with E-state index in [2.05, 4.69) is 4.98 Å². The van der Waals surface area contributed by atoms with E-state index in [-0.39, 0.29) is 11.4 Å². The normalized spacial score (nSPS) is 12.1. The number of hydrogen-bond acceptors (Lipinski definition) is 4. The number of thiazole rings is 1. The maximum atomic E-state index is 13.2. The highest BCUT2D eigenvalue weighted by atomic mass is 32.2. The van der Waals surface area contributed by atoms with Gasteiger partial charge in [-0.05, 0) is 30.3 Å². The van der Waals surface area contributed by atoms with E-state index in [0.717, 1.165) is 16.3 Å². The quantitative estimate of drug-likeness (QED) is 0.735. The molecule has 3 aromatic rings. The van der Waals surface area contributed by atoms with Crippen LogP contribution in [-0.4, -0.2) is 24.8 Å². The zero-order valence-electron chi connectivity index (χ0n) is 11.7. The fourth-order valence-corrected chi connectivity index (χ4v) is 4.34. The Morgan fingerprint density at radius 2 is 1.95 bits per heavy atom. The van der Waals surface area contributed by atoms with Crippen LogP contribution in [0.25, 0.3) is 10.2 Å². The Hall–Kier alpha value is -1.83. The van der Waals surface area contributed by atoms with Crippen molar-refractivity contribution in [1.82, 2.24) is 9.29 Å². The summed E-state index contributed by atoms with van der Waals surface area (Å²) in [6.45, 7) is 0.151. The van der Waals surface area contributed by atoms with Crippen LogP contribution in [0.4, 0.5) is 4.39 Å². The Morgan fingerprint density at radius 1 is 1.18 bits per heavy atom. The van der Waals surface area contributed by atoms with E-state index >= 15 is 0 Å². The molecule has 4 nitrogen and oxygen atoms in total. The Labute approximate surface area is 131 Å². The molecule has 0 spiro atoms. The third kappa shape index (κ3) is 2.87. The zero-order valence-corrected chi connectivity index (χ0v) is 13.4. The lowest BCUT2D eigenvalue weighted by atomic mass is 10.3. The first-order chi connectivity index (χ1) is 10.5. The highest BCUT2D eigenvalue weighted by molar-refractivity contribution is 7.89. The molecule has 0 saturated heterocycles. The molecule has 0 aliphatic rings. The number of benzene rings is 2. The molecule has 7 heteroatoms. The molecule has 114 valence electrons. The van der Waals surface area contributed by atoms with Crippen LogP contribution in [0.5, 0.6) is 0 Å². The predicted molar refractivity (Wildman–Crippen MR) is 84.7 cm³/mol. The fraction of sp³-hybridized carbons (Fsp3) is 0.133. The van der Waals surface area contributed by atoms with Crippen molar-refractivity contribution in [2.75, 3.05) is 7.05 Å². The number of rotatable bonds is 4. The van der Waals surface area contributed by atoms with Crippen LogP contribution in [0.3, 0.4) is 0 Å². The summed E-state index contributed by atoms with van der Waals surface area (Å²) in [6, 6.07) is 12.6. The van der Waals surface area contributed by atoms with Crippen molar-refractivity contribution in [3.8, 4) is 0 Å². The van der Waals surface area contributed by atoms with Gasteiger partial charge < -0.3 is 0 Å². The molecule has 0 unspecified atom stereocenters. The van der Waals surface area contributed by atoms with E-state index in [1.54, 1.807) is 0 Å². The van der Waals surface area contributed by atoms with E-state index in [1.165, 1.54) is 40.9 Å². The number of sulfonamides is 1. The van der Waals surface area contributed by atoms with Crippen LogP contribution < -0.4 is 0 Å². The molecule has 3 rings (SSSR count). The van der Waals surface area contributed by atoms with Gasteiger partial charge in [0.15, 0.2) is 0 Å². The average molecular weight is 336 g/mol. The second-order valence-electron chi connectivity index (χ2n) is 4.79. The first-order valence-corrected chi connectivity index (χ1v) is 8.79. The number of para-hydroxylation sites is 1. The van der Waals surface area contributed by atoms with Gasteiger partial charge in [0, 0.05) is 7.05 Å². The lowest BCUT2D eigenvalue weighted by Crippen LogP contribution is -2.26. The van der Waals surface area contributed by atoms with Crippen LogP contribution in [0.1, 0.15) is 5.01 Å². The Bertz CT molecular complexity index is 889. The second kappa shape index (κ2) is 5.75. The molecule has 0 N–H and O–H groups in total. The minimum atomic E-state index is -3.74. The maximum absolute atomic E-state index is 13.2. The average Bonchev–Trinajstić information content (AvgIpc) is 2.89. The molecule has 1 aromatic heterocycles. The Balaban J connectivity index is 1.88. The van der Waals surface area contributed by atoms with Gasteiger partial charge in [0.25, 0.3) is 0 Å². The molecular formula is C15H13FN2O2S2. The van der Waals surface area contributed by atoms with Crippen molar-refractivity contribution in [2.24, 2.45) is 0 Å². The second-order valence-corrected chi connectivity index (χ2v) is 7.95. The fourth-order valence-electron chi connectivity index (χ4n) is 2.07. The first kappa shape index (κ1) is 15.1. The van der Waals surface area contributed by atoms with Crippen molar-refractivity contribution < 1.29 is 12.8 Å². The first-order valence-electron chi connectivity index (χ1n) is 6.53.